The van der Waals surface area contributed by atoms with Gasteiger partial charge in [-0.15, -0.1) is 0 Å². The van der Waals surface area contributed by atoms with Crippen LogP contribution in [0, 0.1) is 6.92 Å². The molecule has 26 heavy (non-hydrogen) atoms. The van der Waals surface area contributed by atoms with Crippen LogP contribution >= 0.6 is 0 Å². The molecule has 1 aromatic carbocycles. The first-order valence-corrected chi connectivity index (χ1v) is 9.40. The average molecular weight is 352 g/mol. The van der Waals surface area contributed by atoms with Crippen LogP contribution in [-0.2, 0) is 0 Å². The molecule has 1 N–H and O–H groups in total. The van der Waals surface area contributed by atoms with Crippen molar-refractivity contribution in [1.82, 2.24) is 9.88 Å². The number of carbonyl (C=O) groups excluding carboxylic acids is 1. The van der Waals surface area contributed by atoms with Crippen LogP contribution in [0.25, 0.3) is 0 Å². The molecule has 1 fully saturated rings. The molecule has 3 rings (SSSR count). The normalized spacial score (nSPS) is 15.7. The number of nitrogens with zero attached hydrogens (tertiary/aromatic N) is 3. The number of carbonyl (C=O) groups is 1. The molecule has 1 saturated heterocycles. The first-order valence-electron chi connectivity index (χ1n) is 9.40. The molecule has 0 radical (unpaired) electrons. The van der Waals surface area contributed by atoms with E-state index in [4.69, 9.17) is 0 Å². The topological polar surface area (TPSA) is 48.5 Å². The molecule has 1 amide bonds. The number of anilines is 2. The third-order valence-corrected chi connectivity index (χ3v) is 4.94. The molecule has 2 aromatic rings. The Morgan fingerprint density at radius 3 is 2.58 bits per heavy atom. The summed E-state index contributed by atoms with van der Waals surface area (Å²) in [7, 11) is 0. The van der Waals surface area contributed by atoms with E-state index in [0.29, 0.717) is 11.7 Å². The number of hydrogen-bond donors (Lipinski definition) is 1. The van der Waals surface area contributed by atoms with E-state index >= 15 is 0 Å². The van der Waals surface area contributed by atoms with Crippen LogP contribution < -0.4 is 10.2 Å². The van der Waals surface area contributed by atoms with Gasteiger partial charge in [-0.2, -0.15) is 0 Å². The van der Waals surface area contributed by atoms with Gasteiger partial charge < -0.3 is 15.1 Å². The Bertz CT molecular complexity index is 736. The Kier molecular flexibility index (Phi) is 5.76. The summed E-state index contributed by atoms with van der Waals surface area (Å²) in [5, 5.41) is 3.37. The van der Waals surface area contributed by atoms with Crippen molar-refractivity contribution < 1.29 is 4.79 Å². The Hall–Kier alpha value is -2.56. The first kappa shape index (κ1) is 18.2. The smallest absolute Gasteiger partial charge is 0.272 e. The average Bonchev–Trinajstić information content (AvgIpc) is 2.68. The molecule has 1 aliphatic heterocycles. The SMILES string of the molecule is CCC(C)Nc1ccc(C(=O)N2CCN(c3cccc(C)c3)CC2)nc1. The van der Waals surface area contributed by atoms with Crippen LogP contribution in [0.5, 0.6) is 0 Å². The lowest BCUT2D eigenvalue weighted by molar-refractivity contribution is 0.0741. The van der Waals surface area contributed by atoms with E-state index in [-0.39, 0.29) is 5.91 Å². The summed E-state index contributed by atoms with van der Waals surface area (Å²) < 4.78 is 0. The number of piperazine rings is 1. The van der Waals surface area contributed by atoms with Crippen molar-refractivity contribution in [2.75, 3.05) is 36.4 Å². The van der Waals surface area contributed by atoms with Gasteiger partial charge in [0.15, 0.2) is 0 Å². The molecule has 2 heterocycles. The van der Waals surface area contributed by atoms with Gasteiger partial charge in [-0.3, -0.25) is 4.79 Å². The number of amides is 1. The molecular formula is C21H28N4O. The third-order valence-electron chi connectivity index (χ3n) is 4.94. The van der Waals surface area contributed by atoms with Crippen LogP contribution in [0.2, 0.25) is 0 Å². The maximum Gasteiger partial charge on any atom is 0.272 e. The van der Waals surface area contributed by atoms with E-state index < -0.39 is 0 Å². The van der Waals surface area contributed by atoms with Gasteiger partial charge in [0.2, 0.25) is 0 Å². The molecule has 5 nitrogen and oxygen atoms in total. The fourth-order valence-corrected chi connectivity index (χ4v) is 3.15. The van der Waals surface area contributed by atoms with E-state index in [1.807, 2.05) is 17.0 Å². The molecule has 138 valence electrons. The van der Waals surface area contributed by atoms with Crippen molar-refractivity contribution in [1.29, 1.82) is 0 Å². The zero-order valence-electron chi connectivity index (χ0n) is 15.9. The highest BCUT2D eigenvalue weighted by molar-refractivity contribution is 5.92. The van der Waals surface area contributed by atoms with E-state index in [2.05, 4.69) is 60.2 Å². The fraction of sp³-hybridized carbons (Fsp3) is 0.429. The Labute approximate surface area is 156 Å². The third kappa shape index (κ3) is 4.34. The Morgan fingerprint density at radius 1 is 1.19 bits per heavy atom. The highest BCUT2D eigenvalue weighted by Crippen LogP contribution is 2.19. The zero-order valence-corrected chi connectivity index (χ0v) is 15.9. The molecule has 1 atom stereocenters. The predicted molar refractivity (Wildman–Crippen MR) is 107 cm³/mol. The van der Waals surface area contributed by atoms with Crippen LogP contribution in [0.3, 0.4) is 0 Å². The first-order chi connectivity index (χ1) is 12.6. The molecule has 1 unspecified atom stereocenters. The summed E-state index contributed by atoms with van der Waals surface area (Å²) in [6.45, 7) is 9.52. The number of aromatic nitrogens is 1. The van der Waals surface area contributed by atoms with E-state index in [1.54, 1.807) is 6.20 Å². The van der Waals surface area contributed by atoms with Crippen molar-refractivity contribution in [3.63, 3.8) is 0 Å². The van der Waals surface area contributed by atoms with Gasteiger partial charge >= 0.3 is 0 Å². The summed E-state index contributed by atoms with van der Waals surface area (Å²) in [5.74, 6) is 0.0176. The molecule has 0 saturated carbocycles. The second-order valence-electron chi connectivity index (χ2n) is 7.00. The highest BCUT2D eigenvalue weighted by Gasteiger charge is 2.23. The van der Waals surface area contributed by atoms with Gasteiger partial charge in [0, 0.05) is 37.9 Å². The van der Waals surface area contributed by atoms with Crippen molar-refractivity contribution in [3.05, 3.63) is 53.9 Å². The van der Waals surface area contributed by atoms with Gasteiger partial charge in [-0.25, -0.2) is 4.98 Å². The van der Waals surface area contributed by atoms with Crippen LogP contribution in [0.1, 0.15) is 36.3 Å². The largest absolute Gasteiger partial charge is 0.381 e. The number of pyridine rings is 1. The predicted octanol–water partition coefficient (Wildman–Crippen LogP) is 3.56. The summed E-state index contributed by atoms with van der Waals surface area (Å²) in [6.07, 6.45) is 2.80. The van der Waals surface area contributed by atoms with Gasteiger partial charge in [0.1, 0.15) is 5.69 Å². The minimum atomic E-state index is 0.0176. The zero-order chi connectivity index (χ0) is 18.5. The van der Waals surface area contributed by atoms with E-state index in [0.717, 1.165) is 38.3 Å². The quantitative estimate of drug-likeness (QED) is 0.894. The number of aryl methyl sites for hydroxylation is 1. The van der Waals surface area contributed by atoms with Crippen molar-refractivity contribution in [2.24, 2.45) is 0 Å². The standard InChI is InChI=1S/C21H28N4O/c1-4-17(3)23-18-8-9-20(22-15-18)21(26)25-12-10-24(11-13-25)19-7-5-6-16(2)14-19/h5-9,14-15,17,23H,4,10-13H2,1-3H3. The molecular weight excluding hydrogens is 324 g/mol. The molecule has 0 bridgehead atoms. The molecule has 0 spiro atoms. The summed E-state index contributed by atoms with van der Waals surface area (Å²) >= 11 is 0. The maximum absolute atomic E-state index is 12.7. The molecule has 1 aromatic heterocycles. The van der Waals surface area contributed by atoms with Crippen molar-refractivity contribution in [3.8, 4) is 0 Å². The van der Waals surface area contributed by atoms with Crippen LogP contribution in [0.15, 0.2) is 42.6 Å². The number of nitrogens with one attached hydrogen (secondary N) is 1. The monoisotopic (exact) mass is 352 g/mol. The summed E-state index contributed by atoms with van der Waals surface area (Å²) in [6, 6.07) is 12.7. The number of benzene rings is 1. The van der Waals surface area contributed by atoms with Gasteiger partial charge in [0.25, 0.3) is 5.91 Å². The summed E-state index contributed by atoms with van der Waals surface area (Å²) in [4.78, 5) is 21.3. The molecule has 1 aliphatic rings. The van der Waals surface area contributed by atoms with Gasteiger partial charge in [-0.05, 0) is 50.1 Å². The lowest BCUT2D eigenvalue weighted by Gasteiger charge is -2.36. The van der Waals surface area contributed by atoms with E-state index in [9.17, 15) is 4.79 Å². The summed E-state index contributed by atoms with van der Waals surface area (Å²) in [5.41, 5.74) is 3.97. The second-order valence-corrected chi connectivity index (χ2v) is 7.00. The minimum Gasteiger partial charge on any atom is -0.381 e. The van der Waals surface area contributed by atoms with Gasteiger partial charge in [0.05, 0.1) is 11.9 Å². The number of rotatable bonds is 5. The van der Waals surface area contributed by atoms with Crippen molar-refractivity contribution >= 4 is 17.3 Å². The van der Waals surface area contributed by atoms with Gasteiger partial charge in [-0.1, -0.05) is 19.1 Å². The van der Waals surface area contributed by atoms with E-state index in [1.165, 1.54) is 11.3 Å². The van der Waals surface area contributed by atoms with Crippen molar-refractivity contribution in [2.45, 2.75) is 33.2 Å². The maximum atomic E-state index is 12.7. The molecule has 5 heteroatoms. The Morgan fingerprint density at radius 2 is 1.96 bits per heavy atom. The second kappa shape index (κ2) is 8.21. The Balaban J connectivity index is 1.58. The van der Waals surface area contributed by atoms with Crippen LogP contribution in [0.4, 0.5) is 11.4 Å². The highest BCUT2D eigenvalue weighted by atomic mass is 16.2. The lowest BCUT2D eigenvalue weighted by Crippen LogP contribution is -2.49. The number of hydrogen-bond acceptors (Lipinski definition) is 4. The van der Waals surface area contributed by atoms with Crippen LogP contribution in [-0.4, -0.2) is 48.0 Å². The lowest BCUT2D eigenvalue weighted by atomic mass is 10.2. The fourth-order valence-electron chi connectivity index (χ4n) is 3.15. The minimum absolute atomic E-state index is 0.0176. The molecule has 0 aliphatic carbocycles.